The summed E-state index contributed by atoms with van der Waals surface area (Å²) in [6, 6.07) is 8.62. The monoisotopic (exact) mass is 259 g/mol. The van der Waals surface area contributed by atoms with Gasteiger partial charge in [0.05, 0.1) is 11.8 Å². The number of rotatable bonds is 3. The molecule has 0 unspecified atom stereocenters. The number of pyridine rings is 1. The van der Waals surface area contributed by atoms with Gasteiger partial charge in [-0.2, -0.15) is 0 Å². The Bertz CT molecular complexity index is 601. The highest BCUT2D eigenvalue weighted by atomic mass is 19.1. The Morgan fingerprint density at radius 2 is 2.11 bits per heavy atom. The van der Waals surface area contributed by atoms with Gasteiger partial charge in [-0.3, -0.25) is 9.78 Å². The van der Waals surface area contributed by atoms with Crippen molar-refractivity contribution in [2.45, 2.75) is 6.54 Å². The Morgan fingerprint density at radius 1 is 1.37 bits per heavy atom. The number of hydrogen-bond donors (Lipinski definition) is 1. The van der Waals surface area contributed by atoms with E-state index in [1.807, 2.05) is 12.1 Å². The lowest BCUT2D eigenvalue weighted by molar-refractivity contribution is 0.0989. The Balaban J connectivity index is 2.37. The van der Waals surface area contributed by atoms with Crippen molar-refractivity contribution in [3.63, 3.8) is 0 Å². The van der Waals surface area contributed by atoms with E-state index < -0.39 is 11.7 Å². The number of nitrogens with zero attached hydrogens (tertiary/aromatic N) is 2. The summed E-state index contributed by atoms with van der Waals surface area (Å²) in [5, 5.41) is 0. The van der Waals surface area contributed by atoms with Gasteiger partial charge in [0.2, 0.25) is 0 Å². The molecule has 0 aliphatic heterocycles. The van der Waals surface area contributed by atoms with Crippen LogP contribution >= 0.6 is 0 Å². The number of benzene rings is 1. The van der Waals surface area contributed by atoms with Crippen LogP contribution in [0, 0.1) is 5.82 Å². The molecule has 0 saturated carbocycles. The van der Waals surface area contributed by atoms with Gasteiger partial charge in [-0.05, 0) is 17.7 Å². The molecule has 0 bridgehead atoms. The van der Waals surface area contributed by atoms with Gasteiger partial charge in [-0.15, -0.1) is 0 Å². The molecule has 0 aliphatic carbocycles. The molecule has 0 spiro atoms. The molecule has 98 valence electrons. The second kappa shape index (κ2) is 5.58. The van der Waals surface area contributed by atoms with Crippen molar-refractivity contribution in [2.24, 2.45) is 5.73 Å². The molecular formula is C14H14FN3O. The number of amides is 1. The first-order valence-corrected chi connectivity index (χ1v) is 5.80. The number of aromatic nitrogens is 1. The first-order valence-electron chi connectivity index (χ1n) is 5.80. The fourth-order valence-corrected chi connectivity index (χ4v) is 1.85. The summed E-state index contributed by atoms with van der Waals surface area (Å²) in [5.74, 6) is -1.06. The van der Waals surface area contributed by atoms with Gasteiger partial charge in [-0.1, -0.05) is 18.2 Å². The van der Waals surface area contributed by atoms with Gasteiger partial charge in [0.15, 0.2) is 5.82 Å². The van der Waals surface area contributed by atoms with Crippen molar-refractivity contribution >= 4 is 11.6 Å². The highest BCUT2D eigenvalue weighted by Crippen LogP contribution is 2.21. The maximum Gasteiger partial charge on any atom is 0.261 e. The average molecular weight is 259 g/mol. The van der Waals surface area contributed by atoms with Crippen LogP contribution in [0.4, 0.5) is 10.1 Å². The second-order valence-corrected chi connectivity index (χ2v) is 4.05. The van der Waals surface area contributed by atoms with Crippen LogP contribution in [0.1, 0.15) is 15.9 Å². The summed E-state index contributed by atoms with van der Waals surface area (Å²) >= 11 is 0. The Labute approximate surface area is 110 Å². The fraction of sp³-hybridized carbons (Fsp3) is 0.143. The topological polar surface area (TPSA) is 59.2 Å². The molecule has 2 rings (SSSR count). The maximum atomic E-state index is 13.6. The predicted octanol–water partition coefficient (Wildman–Crippen LogP) is 1.96. The largest absolute Gasteiger partial charge is 0.326 e. The zero-order valence-electron chi connectivity index (χ0n) is 10.5. The second-order valence-electron chi connectivity index (χ2n) is 4.05. The first kappa shape index (κ1) is 13.2. The minimum atomic E-state index is -0.635. The van der Waals surface area contributed by atoms with Crippen LogP contribution in [0.2, 0.25) is 0 Å². The quantitative estimate of drug-likeness (QED) is 0.916. The summed E-state index contributed by atoms with van der Waals surface area (Å²) in [6.45, 7) is 0.312. The molecule has 0 aliphatic rings. The molecule has 1 heterocycles. The molecule has 5 heteroatoms. The summed E-state index contributed by atoms with van der Waals surface area (Å²) in [6.07, 6.45) is 2.41. The number of carbonyl (C=O) groups is 1. The van der Waals surface area contributed by atoms with Crippen molar-refractivity contribution in [2.75, 3.05) is 11.9 Å². The molecule has 1 amide bonds. The zero-order chi connectivity index (χ0) is 13.8. The minimum Gasteiger partial charge on any atom is -0.326 e. The first-order chi connectivity index (χ1) is 9.15. The van der Waals surface area contributed by atoms with Gasteiger partial charge in [-0.25, -0.2) is 4.39 Å². The van der Waals surface area contributed by atoms with Crippen LogP contribution in [0.15, 0.2) is 42.7 Å². The van der Waals surface area contributed by atoms with Crippen molar-refractivity contribution < 1.29 is 9.18 Å². The van der Waals surface area contributed by atoms with E-state index in [0.29, 0.717) is 12.2 Å². The third kappa shape index (κ3) is 2.61. The van der Waals surface area contributed by atoms with E-state index in [1.54, 1.807) is 19.2 Å². The van der Waals surface area contributed by atoms with E-state index in [2.05, 4.69) is 4.98 Å². The molecule has 0 fully saturated rings. The van der Waals surface area contributed by atoms with Crippen LogP contribution in [0.5, 0.6) is 0 Å². The molecule has 2 N–H and O–H groups in total. The smallest absolute Gasteiger partial charge is 0.261 e. The third-order valence-electron chi connectivity index (χ3n) is 2.88. The number of para-hydroxylation sites is 1. The summed E-state index contributed by atoms with van der Waals surface area (Å²) < 4.78 is 13.6. The van der Waals surface area contributed by atoms with E-state index in [1.165, 1.54) is 17.2 Å². The zero-order valence-corrected chi connectivity index (χ0v) is 10.5. The standard InChI is InChI=1S/C14H14FN3O/c1-18(13-5-3-2-4-10(13)8-16)14(19)11-6-7-17-9-12(11)15/h2-7,9H,8,16H2,1H3. The van der Waals surface area contributed by atoms with Crippen molar-refractivity contribution in [1.82, 2.24) is 4.98 Å². The number of anilines is 1. The molecule has 19 heavy (non-hydrogen) atoms. The highest BCUT2D eigenvalue weighted by molar-refractivity contribution is 6.06. The van der Waals surface area contributed by atoms with Gasteiger partial charge < -0.3 is 10.6 Å². The molecule has 0 saturated heterocycles. The van der Waals surface area contributed by atoms with Crippen molar-refractivity contribution in [3.8, 4) is 0 Å². The van der Waals surface area contributed by atoms with Gasteiger partial charge in [0, 0.05) is 25.5 Å². The van der Waals surface area contributed by atoms with Crippen LogP contribution < -0.4 is 10.6 Å². The molecule has 1 aromatic heterocycles. The lowest BCUT2D eigenvalue weighted by Gasteiger charge is -2.20. The summed E-state index contributed by atoms with van der Waals surface area (Å²) in [7, 11) is 1.59. The van der Waals surface area contributed by atoms with E-state index in [-0.39, 0.29) is 5.56 Å². The SMILES string of the molecule is CN(C(=O)c1ccncc1F)c1ccccc1CN. The van der Waals surface area contributed by atoms with Gasteiger partial charge in [0.1, 0.15) is 0 Å². The molecule has 0 radical (unpaired) electrons. The van der Waals surface area contributed by atoms with E-state index in [4.69, 9.17) is 5.73 Å². The lowest BCUT2D eigenvalue weighted by Crippen LogP contribution is -2.28. The molecule has 4 nitrogen and oxygen atoms in total. The van der Waals surface area contributed by atoms with Gasteiger partial charge >= 0.3 is 0 Å². The summed E-state index contributed by atoms with van der Waals surface area (Å²) in [5.41, 5.74) is 7.12. The van der Waals surface area contributed by atoms with Gasteiger partial charge in [0.25, 0.3) is 5.91 Å². The third-order valence-corrected chi connectivity index (χ3v) is 2.88. The number of halogens is 1. The number of hydrogen-bond acceptors (Lipinski definition) is 3. The fourth-order valence-electron chi connectivity index (χ4n) is 1.85. The average Bonchev–Trinajstić information content (AvgIpc) is 2.46. The van der Waals surface area contributed by atoms with Crippen LogP contribution in [-0.4, -0.2) is 17.9 Å². The van der Waals surface area contributed by atoms with E-state index in [0.717, 1.165) is 11.8 Å². The van der Waals surface area contributed by atoms with Crippen molar-refractivity contribution in [3.05, 3.63) is 59.7 Å². The molecule has 1 aromatic carbocycles. The van der Waals surface area contributed by atoms with E-state index >= 15 is 0 Å². The highest BCUT2D eigenvalue weighted by Gasteiger charge is 2.18. The van der Waals surface area contributed by atoms with Crippen molar-refractivity contribution in [1.29, 1.82) is 0 Å². The lowest BCUT2D eigenvalue weighted by atomic mass is 10.1. The summed E-state index contributed by atoms with van der Waals surface area (Å²) in [4.78, 5) is 17.3. The predicted molar refractivity (Wildman–Crippen MR) is 71.3 cm³/mol. The van der Waals surface area contributed by atoms with Crippen LogP contribution in [0.25, 0.3) is 0 Å². The van der Waals surface area contributed by atoms with Crippen LogP contribution in [-0.2, 0) is 6.54 Å². The number of carbonyl (C=O) groups excluding carboxylic acids is 1. The Kier molecular flexibility index (Phi) is 3.87. The maximum absolute atomic E-state index is 13.6. The van der Waals surface area contributed by atoms with E-state index in [9.17, 15) is 9.18 Å². The molecular weight excluding hydrogens is 245 g/mol. The molecule has 0 atom stereocenters. The number of nitrogens with two attached hydrogens (primary N) is 1. The normalized spacial score (nSPS) is 10.3. The van der Waals surface area contributed by atoms with Crippen LogP contribution in [0.3, 0.4) is 0 Å². The Morgan fingerprint density at radius 3 is 2.79 bits per heavy atom. The molecule has 2 aromatic rings. The minimum absolute atomic E-state index is 0.00988. The Hall–Kier alpha value is -2.27.